The number of carbonyl (C=O) groups excluding carboxylic acids is 3. The van der Waals surface area contributed by atoms with Crippen molar-refractivity contribution in [2.75, 3.05) is 13.2 Å². The Labute approximate surface area is 178 Å². The molecular formula is C21H20ClN3O5. The largest absolute Gasteiger partial charge is 0.463 e. The third-order valence-electron chi connectivity index (χ3n) is 4.35. The third-order valence-corrected chi connectivity index (χ3v) is 4.60. The highest BCUT2D eigenvalue weighted by Crippen LogP contribution is 2.29. The lowest BCUT2D eigenvalue weighted by Crippen LogP contribution is -2.47. The SMILES string of the molecule is CCOC(=O)C1=C(COC(=O)c2ccc(C)nc2)NC(=O)NC1c1ccc(Cl)cc1. The van der Waals surface area contributed by atoms with Gasteiger partial charge in [-0.05, 0) is 43.7 Å². The highest BCUT2D eigenvalue weighted by atomic mass is 35.5. The van der Waals surface area contributed by atoms with Gasteiger partial charge in [0, 0.05) is 16.9 Å². The Morgan fingerprint density at radius 3 is 2.47 bits per heavy atom. The van der Waals surface area contributed by atoms with Gasteiger partial charge in [-0.2, -0.15) is 0 Å². The summed E-state index contributed by atoms with van der Waals surface area (Å²) >= 11 is 5.94. The summed E-state index contributed by atoms with van der Waals surface area (Å²) in [4.78, 5) is 41.3. The van der Waals surface area contributed by atoms with Crippen LogP contribution in [0.2, 0.25) is 5.02 Å². The molecule has 0 fully saturated rings. The lowest BCUT2D eigenvalue weighted by atomic mass is 9.95. The second-order valence-electron chi connectivity index (χ2n) is 6.46. The maximum atomic E-state index is 12.7. The zero-order valence-corrected chi connectivity index (χ0v) is 17.2. The molecule has 0 radical (unpaired) electrons. The van der Waals surface area contributed by atoms with Gasteiger partial charge in [-0.15, -0.1) is 0 Å². The Bertz CT molecular complexity index is 987. The van der Waals surface area contributed by atoms with Gasteiger partial charge in [0.2, 0.25) is 0 Å². The molecule has 1 unspecified atom stereocenters. The van der Waals surface area contributed by atoms with Gasteiger partial charge in [0.05, 0.1) is 29.5 Å². The van der Waals surface area contributed by atoms with E-state index < -0.39 is 24.0 Å². The number of ether oxygens (including phenoxy) is 2. The molecule has 9 heteroatoms. The fourth-order valence-corrected chi connectivity index (χ4v) is 3.02. The van der Waals surface area contributed by atoms with Crippen LogP contribution in [0.1, 0.15) is 34.6 Å². The molecule has 8 nitrogen and oxygen atoms in total. The van der Waals surface area contributed by atoms with Gasteiger partial charge in [-0.1, -0.05) is 23.7 Å². The monoisotopic (exact) mass is 429 g/mol. The molecule has 2 N–H and O–H groups in total. The average molecular weight is 430 g/mol. The van der Waals surface area contributed by atoms with Gasteiger partial charge in [0.15, 0.2) is 0 Å². The van der Waals surface area contributed by atoms with E-state index in [2.05, 4.69) is 15.6 Å². The molecule has 0 bridgehead atoms. The number of urea groups is 1. The molecule has 0 spiro atoms. The standard InChI is InChI=1S/C21H20ClN3O5/c1-3-29-20(27)17-16(11-30-19(26)14-5-4-12(2)23-10-14)24-21(28)25-18(17)13-6-8-15(22)9-7-13/h4-10,18H,3,11H2,1-2H3,(H2,24,25,28). The number of benzene rings is 1. The first-order valence-corrected chi connectivity index (χ1v) is 9.59. The highest BCUT2D eigenvalue weighted by Gasteiger charge is 2.34. The summed E-state index contributed by atoms with van der Waals surface area (Å²) in [7, 11) is 0. The Morgan fingerprint density at radius 2 is 1.83 bits per heavy atom. The first-order chi connectivity index (χ1) is 14.4. The summed E-state index contributed by atoms with van der Waals surface area (Å²) in [6.07, 6.45) is 1.40. The number of nitrogens with one attached hydrogen (secondary N) is 2. The molecule has 0 aliphatic carbocycles. The molecule has 3 rings (SSSR count). The Morgan fingerprint density at radius 1 is 1.10 bits per heavy atom. The van der Waals surface area contributed by atoms with Crippen LogP contribution in [0.25, 0.3) is 0 Å². The number of pyridine rings is 1. The van der Waals surface area contributed by atoms with Crippen molar-refractivity contribution >= 4 is 29.6 Å². The maximum absolute atomic E-state index is 12.7. The summed E-state index contributed by atoms with van der Waals surface area (Å²) in [6.45, 7) is 3.30. The molecule has 1 atom stereocenters. The summed E-state index contributed by atoms with van der Waals surface area (Å²) in [5.74, 6) is -1.26. The summed E-state index contributed by atoms with van der Waals surface area (Å²) in [6, 6.07) is 8.64. The van der Waals surface area contributed by atoms with E-state index in [-0.39, 0.29) is 30.0 Å². The number of hydrogen-bond acceptors (Lipinski definition) is 6. The molecule has 1 aliphatic rings. The van der Waals surface area contributed by atoms with Crippen molar-refractivity contribution in [1.82, 2.24) is 15.6 Å². The topological polar surface area (TPSA) is 107 Å². The highest BCUT2D eigenvalue weighted by molar-refractivity contribution is 6.30. The van der Waals surface area contributed by atoms with E-state index in [1.54, 1.807) is 50.2 Å². The quantitative estimate of drug-likeness (QED) is 0.683. The van der Waals surface area contributed by atoms with Crippen LogP contribution in [0.15, 0.2) is 53.9 Å². The lowest BCUT2D eigenvalue weighted by molar-refractivity contribution is -0.139. The van der Waals surface area contributed by atoms with E-state index in [1.165, 1.54) is 6.20 Å². The minimum absolute atomic E-state index is 0.144. The zero-order valence-electron chi connectivity index (χ0n) is 16.4. The second-order valence-corrected chi connectivity index (χ2v) is 6.90. The first-order valence-electron chi connectivity index (χ1n) is 9.22. The van der Waals surface area contributed by atoms with Crippen LogP contribution < -0.4 is 10.6 Å². The van der Waals surface area contributed by atoms with Gasteiger partial charge < -0.3 is 20.1 Å². The van der Waals surface area contributed by atoms with Gasteiger partial charge >= 0.3 is 18.0 Å². The molecular weight excluding hydrogens is 410 g/mol. The number of halogens is 1. The Balaban J connectivity index is 1.91. The molecule has 0 saturated heterocycles. The summed E-state index contributed by atoms with van der Waals surface area (Å²) in [5, 5.41) is 5.75. The predicted molar refractivity (Wildman–Crippen MR) is 109 cm³/mol. The van der Waals surface area contributed by atoms with Crippen molar-refractivity contribution in [2.24, 2.45) is 0 Å². The van der Waals surface area contributed by atoms with E-state index in [4.69, 9.17) is 21.1 Å². The Kier molecular flexibility index (Phi) is 6.68. The van der Waals surface area contributed by atoms with E-state index in [1.807, 2.05) is 0 Å². The smallest absolute Gasteiger partial charge is 0.340 e. The van der Waals surface area contributed by atoms with Gasteiger partial charge in [-0.3, -0.25) is 4.98 Å². The molecule has 2 amide bonds. The van der Waals surface area contributed by atoms with Gasteiger partial charge in [-0.25, -0.2) is 14.4 Å². The van der Waals surface area contributed by atoms with Gasteiger partial charge in [0.1, 0.15) is 6.61 Å². The molecule has 1 aromatic carbocycles. The number of nitrogens with zero attached hydrogens (tertiary/aromatic N) is 1. The number of amides is 2. The number of rotatable bonds is 6. The first kappa shape index (κ1) is 21.3. The number of hydrogen-bond donors (Lipinski definition) is 2. The molecule has 1 aliphatic heterocycles. The molecule has 156 valence electrons. The van der Waals surface area contributed by atoms with Crippen molar-refractivity contribution in [2.45, 2.75) is 19.9 Å². The number of esters is 2. The van der Waals surface area contributed by atoms with Crippen molar-refractivity contribution in [3.05, 3.63) is 75.7 Å². The summed E-state index contributed by atoms with van der Waals surface area (Å²) < 4.78 is 10.5. The lowest BCUT2D eigenvalue weighted by Gasteiger charge is -2.29. The van der Waals surface area contributed by atoms with Crippen molar-refractivity contribution < 1.29 is 23.9 Å². The van der Waals surface area contributed by atoms with Crippen LogP contribution >= 0.6 is 11.6 Å². The van der Waals surface area contributed by atoms with E-state index in [0.717, 1.165) is 5.69 Å². The second kappa shape index (κ2) is 9.41. The van der Waals surface area contributed by atoms with Crippen molar-refractivity contribution in [3.8, 4) is 0 Å². The van der Waals surface area contributed by atoms with Crippen molar-refractivity contribution in [3.63, 3.8) is 0 Å². The van der Waals surface area contributed by atoms with Crippen LogP contribution in [-0.2, 0) is 14.3 Å². The van der Waals surface area contributed by atoms with Crippen LogP contribution in [0.5, 0.6) is 0 Å². The fourth-order valence-electron chi connectivity index (χ4n) is 2.90. The van der Waals surface area contributed by atoms with E-state index in [9.17, 15) is 14.4 Å². The minimum Gasteiger partial charge on any atom is -0.463 e. The third kappa shape index (κ3) is 4.96. The zero-order chi connectivity index (χ0) is 21.7. The number of aryl methyl sites for hydroxylation is 1. The molecule has 0 saturated carbocycles. The van der Waals surface area contributed by atoms with E-state index in [0.29, 0.717) is 10.6 Å². The predicted octanol–water partition coefficient (Wildman–Crippen LogP) is 3.07. The molecule has 30 heavy (non-hydrogen) atoms. The summed E-state index contributed by atoms with van der Waals surface area (Å²) in [5.41, 5.74) is 1.94. The fraction of sp³-hybridized carbons (Fsp3) is 0.238. The molecule has 2 heterocycles. The van der Waals surface area contributed by atoms with Crippen LogP contribution in [0.3, 0.4) is 0 Å². The average Bonchev–Trinajstić information content (AvgIpc) is 2.72. The van der Waals surface area contributed by atoms with Crippen LogP contribution in [0, 0.1) is 6.92 Å². The number of aromatic nitrogens is 1. The van der Waals surface area contributed by atoms with Gasteiger partial charge in [0.25, 0.3) is 0 Å². The number of carbonyl (C=O) groups is 3. The van der Waals surface area contributed by atoms with Crippen LogP contribution in [0.4, 0.5) is 4.79 Å². The molecule has 1 aromatic heterocycles. The molecule has 2 aromatic rings. The van der Waals surface area contributed by atoms with Crippen molar-refractivity contribution in [1.29, 1.82) is 0 Å². The Hall–Kier alpha value is -3.39. The maximum Gasteiger partial charge on any atom is 0.340 e. The normalized spacial score (nSPS) is 15.8. The van der Waals surface area contributed by atoms with E-state index >= 15 is 0 Å². The minimum atomic E-state index is -0.787. The van der Waals surface area contributed by atoms with Crippen LogP contribution in [-0.4, -0.2) is 36.2 Å².